The largest absolute Gasteiger partial charge is 0.416 e. The number of anilines is 1. The van der Waals surface area contributed by atoms with Gasteiger partial charge in [0.25, 0.3) is 0 Å². The molecule has 1 unspecified atom stereocenters. The zero-order valence-electron chi connectivity index (χ0n) is 10.8. The maximum Gasteiger partial charge on any atom is 0.416 e. The molecule has 106 valence electrons. The Morgan fingerprint density at radius 1 is 1.05 bits per heavy atom. The first-order chi connectivity index (χ1) is 9.30. The molecule has 2 aromatic carbocycles. The van der Waals surface area contributed by atoms with Crippen molar-refractivity contribution in [2.24, 2.45) is 0 Å². The van der Waals surface area contributed by atoms with E-state index in [0.717, 1.165) is 17.7 Å². The molecule has 2 aromatic rings. The molecule has 0 bridgehead atoms. The average molecular weight is 281 g/mol. The summed E-state index contributed by atoms with van der Waals surface area (Å²) < 4.78 is 37.7. The van der Waals surface area contributed by atoms with Gasteiger partial charge in [-0.1, -0.05) is 30.3 Å². The molecular weight excluding hydrogens is 267 g/mol. The Bertz CT molecular complexity index is 623. The van der Waals surface area contributed by atoms with Crippen LogP contribution >= 0.6 is 0 Å². The summed E-state index contributed by atoms with van der Waals surface area (Å²) in [5.41, 5.74) is 6.49. The fourth-order valence-electron chi connectivity index (χ4n) is 2.06. The lowest BCUT2D eigenvalue weighted by molar-refractivity contribution is -0.137. The molecule has 1 atom stereocenters. The predicted molar refractivity (Wildman–Crippen MR) is 71.1 cm³/mol. The fraction of sp³-hybridized carbons (Fsp3) is 0.200. The lowest BCUT2D eigenvalue weighted by atomic mass is 9.95. The van der Waals surface area contributed by atoms with E-state index in [-0.39, 0.29) is 11.3 Å². The highest BCUT2D eigenvalue weighted by Crippen LogP contribution is 2.34. The standard InChI is InChI=1S/C15H14F3NO/c1-9-4-2-3-5-11(9)14(20)12-7-6-10(8-13(12)19)15(16,17)18/h2-8,14,20H,19H2,1H3. The molecule has 5 heteroatoms. The third-order valence-electron chi connectivity index (χ3n) is 3.19. The molecule has 0 aliphatic heterocycles. The van der Waals surface area contributed by atoms with E-state index >= 15 is 0 Å². The maximum absolute atomic E-state index is 12.6. The zero-order valence-corrected chi connectivity index (χ0v) is 10.8. The Balaban J connectivity index is 2.42. The summed E-state index contributed by atoms with van der Waals surface area (Å²) in [4.78, 5) is 0. The van der Waals surface area contributed by atoms with Gasteiger partial charge in [-0.15, -0.1) is 0 Å². The second-order valence-corrected chi connectivity index (χ2v) is 4.60. The highest BCUT2D eigenvalue weighted by molar-refractivity contribution is 5.53. The molecular formula is C15H14F3NO. The topological polar surface area (TPSA) is 46.2 Å². The molecule has 0 heterocycles. The highest BCUT2D eigenvalue weighted by atomic mass is 19.4. The minimum Gasteiger partial charge on any atom is -0.398 e. The molecule has 0 radical (unpaired) electrons. The van der Waals surface area contributed by atoms with E-state index in [4.69, 9.17) is 5.73 Å². The van der Waals surface area contributed by atoms with Crippen LogP contribution in [0.5, 0.6) is 0 Å². The van der Waals surface area contributed by atoms with E-state index in [1.54, 1.807) is 12.1 Å². The third-order valence-corrected chi connectivity index (χ3v) is 3.19. The summed E-state index contributed by atoms with van der Waals surface area (Å²) in [5.74, 6) is 0. The van der Waals surface area contributed by atoms with E-state index in [1.165, 1.54) is 6.07 Å². The van der Waals surface area contributed by atoms with Crippen molar-refractivity contribution in [3.05, 3.63) is 64.7 Å². The third kappa shape index (κ3) is 2.77. The number of aliphatic hydroxyl groups is 1. The Morgan fingerprint density at radius 2 is 1.70 bits per heavy atom. The van der Waals surface area contributed by atoms with Crippen molar-refractivity contribution in [1.82, 2.24) is 0 Å². The smallest absolute Gasteiger partial charge is 0.398 e. The number of nitrogens with two attached hydrogens (primary N) is 1. The number of nitrogen functional groups attached to an aromatic ring is 1. The van der Waals surface area contributed by atoms with E-state index in [2.05, 4.69) is 0 Å². The van der Waals surface area contributed by atoms with E-state index in [1.807, 2.05) is 19.1 Å². The van der Waals surface area contributed by atoms with Crippen molar-refractivity contribution in [2.75, 3.05) is 5.73 Å². The molecule has 0 aromatic heterocycles. The quantitative estimate of drug-likeness (QED) is 0.825. The van der Waals surface area contributed by atoms with Crippen LogP contribution in [-0.4, -0.2) is 5.11 Å². The molecule has 0 spiro atoms. The van der Waals surface area contributed by atoms with Crippen molar-refractivity contribution in [3.63, 3.8) is 0 Å². The second kappa shape index (κ2) is 5.17. The lowest BCUT2D eigenvalue weighted by Crippen LogP contribution is -2.09. The summed E-state index contributed by atoms with van der Waals surface area (Å²) in [5, 5.41) is 10.3. The van der Waals surface area contributed by atoms with Crippen LogP contribution in [0.3, 0.4) is 0 Å². The maximum atomic E-state index is 12.6. The van der Waals surface area contributed by atoms with Crippen LogP contribution in [-0.2, 0) is 6.18 Å². The van der Waals surface area contributed by atoms with Crippen LogP contribution in [0, 0.1) is 6.92 Å². The summed E-state index contributed by atoms with van der Waals surface area (Å²) in [6.45, 7) is 1.82. The van der Waals surface area contributed by atoms with Crippen LogP contribution in [0.1, 0.15) is 28.4 Å². The number of alkyl halides is 3. The fourth-order valence-corrected chi connectivity index (χ4v) is 2.06. The molecule has 0 saturated heterocycles. The summed E-state index contributed by atoms with van der Waals surface area (Å²) in [6, 6.07) is 10.1. The molecule has 0 saturated carbocycles. The Labute approximate surface area is 114 Å². The van der Waals surface area contributed by atoms with Crippen molar-refractivity contribution >= 4 is 5.69 Å². The van der Waals surface area contributed by atoms with E-state index in [0.29, 0.717) is 5.56 Å². The summed E-state index contributed by atoms with van der Waals surface area (Å²) in [7, 11) is 0. The van der Waals surface area contributed by atoms with Crippen LogP contribution in [0.15, 0.2) is 42.5 Å². The lowest BCUT2D eigenvalue weighted by Gasteiger charge is -2.17. The minimum atomic E-state index is -4.44. The van der Waals surface area contributed by atoms with Gasteiger partial charge in [-0.05, 0) is 30.2 Å². The summed E-state index contributed by atoms with van der Waals surface area (Å²) >= 11 is 0. The predicted octanol–water partition coefficient (Wildman–Crippen LogP) is 3.68. The zero-order chi connectivity index (χ0) is 14.9. The Kier molecular flexibility index (Phi) is 3.72. The van der Waals surface area contributed by atoms with Gasteiger partial charge in [-0.2, -0.15) is 13.2 Å². The number of rotatable bonds is 2. The monoisotopic (exact) mass is 281 g/mol. The van der Waals surface area contributed by atoms with E-state index < -0.39 is 17.8 Å². The van der Waals surface area contributed by atoms with Crippen LogP contribution in [0.25, 0.3) is 0 Å². The first kappa shape index (κ1) is 14.4. The molecule has 2 rings (SSSR count). The number of aryl methyl sites for hydroxylation is 1. The van der Waals surface area contributed by atoms with Crippen LogP contribution < -0.4 is 5.73 Å². The van der Waals surface area contributed by atoms with Gasteiger partial charge in [0.15, 0.2) is 0 Å². The molecule has 0 aliphatic carbocycles. The van der Waals surface area contributed by atoms with E-state index in [9.17, 15) is 18.3 Å². The normalized spacial score (nSPS) is 13.2. The SMILES string of the molecule is Cc1ccccc1C(O)c1ccc(C(F)(F)F)cc1N. The van der Waals surface area contributed by atoms with Gasteiger partial charge in [-0.3, -0.25) is 0 Å². The molecule has 0 amide bonds. The number of hydrogen-bond acceptors (Lipinski definition) is 2. The van der Waals surface area contributed by atoms with Crippen molar-refractivity contribution in [1.29, 1.82) is 0 Å². The molecule has 0 aliphatic rings. The molecule has 20 heavy (non-hydrogen) atoms. The minimum absolute atomic E-state index is 0.0735. The van der Waals surface area contributed by atoms with Gasteiger partial charge in [0.1, 0.15) is 6.10 Å². The number of aliphatic hydroxyl groups excluding tert-OH is 1. The molecule has 2 nitrogen and oxygen atoms in total. The highest BCUT2D eigenvalue weighted by Gasteiger charge is 2.31. The Morgan fingerprint density at radius 3 is 2.25 bits per heavy atom. The Hall–Kier alpha value is -2.01. The number of hydrogen-bond donors (Lipinski definition) is 2. The van der Waals surface area contributed by atoms with Gasteiger partial charge < -0.3 is 10.8 Å². The van der Waals surface area contributed by atoms with Crippen molar-refractivity contribution in [2.45, 2.75) is 19.2 Å². The second-order valence-electron chi connectivity index (χ2n) is 4.60. The summed E-state index contributed by atoms with van der Waals surface area (Å²) in [6.07, 6.45) is -5.49. The van der Waals surface area contributed by atoms with Gasteiger partial charge >= 0.3 is 6.18 Å². The van der Waals surface area contributed by atoms with Crippen LogP contribution in [0.4, 0.5) is 18.9 Å². The molecule has 3 N–H and O–H groups in total. The number of halogens is 3. The van der Waals surface area contributed by atoms with Crippen molar-refractivity contribution in [3.8, 4) is 0 Å². The first-order valence-corrected chi connectivity index (χ1v) is 6.01. The van der Waals surface area contributed by atoms with Gasteiger partial charge in [-0.25, -0.2) is 0 Å². The van der Waals surface area contributed by atoms with Crippen molar-refractivity contribution < 1.29 is 18.3 Å². The van der Waals surface area contributed by atoms with Crippen LogP contribution in [0.2, 0.25) is 0 Å². The van der Waals surface area contributed by atoms with Gasteiger partial charge in [0.05, 0.1) is 5.56 Å². The molecule has 0 fully saturated rings. The van der Waals surface area contributed by atoms with Gasteiger partial charge in [0.2, 0.25) is 0 Å². The number of benzene rings is 2. The van der Waals surface area contributed by atoms with Gasteiger partial charge in [0, 0.05) is 11.3 Å². The first-order valence-electron chi connectivity index (χ1n) is 6.01. The average Bonchev–Trinajstić information content (AvgIpc) is 2.37.